The van der Waals surface area contributed by atoms with Crippen LogP contribution in [0.4, 0.5) is 0 Å². The number of rotatable bonds is 4. The van der Waals surface area contributed by atoms with Crippen molar-refractivity contribution < 1.29 is 4.79 Å². The van der Waals surface area contributed by atoms with E-state index in [0.29, 0.717) is 12.4 Å². The number of benzene rings is 1. The molecule has 0 aliphatic carbocycles. The molecule has 0 aliphatic heterocycles. The molecule has 17 heavy (non-hydrogen) atoms. The van der Waals surface area contributed by atoms with E-state index < -0.39 is 0 Å². The van der Waals surface area contributed by atoms with Crippen LogP contribution in [0.3, 0.4) is 0 Å². The highest BCUT2D eigenvalue weighted by molar-refractivity contribution is 6.17. The Hall–Kier alpha value is -1.54. The number of alkyl halides is 1. The summed E-state index contributed by atoms with van der Waals surface area (Å²) < 4.78 is 1.95. The molecule has 3 heteroatoms. The van der Waals surface area contributed by atoms with Crippen LogP contribution in [-0.2, 0) is 12.4 Å². The summed E-state index contributed by atoms with van der Waals surface area (Å²) in [5.41, 5.74) is 2.99. The molecule has 0 N–H and O–H groups in total. The topological polar surface area (TPSA) is 22.0 Å². The van der Waals surface area contributed by atoms with Crippen molar-refractivity contribution in [3.63, 3.8) is 0 Å². The van der Waals surface area contributed by atoms with Gasteiger partial charge in [-0.15, -0.1) is 11.6 Å². The zero-order chi connectivity index (χ0) is 12.3. The van der Waals surface area contributed by atoms with E-state index in [9.17, 15) is 4.79 Å². The van der Waals surface area contributed by atoms with E-state index >= 15 is 0 Å². The first-order chi connectivity index (χ1) is 8.22. The third-order valence-electron chi connectivity index (χ3n) is 2.79. The molecule has 2 aromatic rings. The fourth-order valence-corrected chi connectivity index (χ4v) is 2.16. The van der Waals surface area contributed by atoms with Crippen molar-refractivity contribution in [3.05, 3.63) is 59.4 Å². The Morgan fingerprint density at radius 3 is 2.53 bits per heavy atom. The molecule has 1 aromatic heterocycles. The van der Waals surface area contributed by atoms with E-state index in [4.69, 9.17) is 11.6 Å². The van der Waals surface area contributed by atoms with Crippen LogP contribution in [0.25, 0.3) is 0 Å². The van der Waals surface area contributed by atoms with Crippen LogP contribution in [0.5, 0.6) is 0 Å². The van der Waals surface area contributed by atoms with Crippen LogP contribution in [-0.4, -0.2) is 10.4 Å². The number of hydrogen-bond donors (Lipinski definition) is 0. The van der Waals surface area contributed by atoms with E-state index in [1.54, 1.807) is 6.92 Å². The van der Waals surface area contributed by atoms with Gasteiger partial charge in [-0.2, -0.15) is 0 Å². The molecule has 1 aromatic carbocycles. The number of nitrogens with zero attached hydrogens (tertiary/aromatic N) is 1. The molecule has 1 heterocycles. The predicted octanol–water partition coefficient (Wildman–Crippen LogP) is 3.48. The lowest BCUT2D eigenvalue weighted by atomic mass is 10.1. The maximum Gasteiger partial charge on any atom is 0.176 e. The van der Waals surface area contributed by atoms with Gasteiger partial charge in [-0.3, -0.25) is 4.79 Å². The van der Waals surface area contributed by atoms with Gasteiger partial charge in [0.2, 0.25) is 0 Å². The van der Waals surface area contributed by atoms with Gasteiger partial charge in [-0.25, -0.2) is 0 Å². The number of aromatic nitrogens is 1. The first-order valence-corrected chi connectivity index (χ1v) is 6.04. The first-order valence-electron chi connectivity index (χ1n) is 5.51. The summed E-state index contributed by atoms with van der Waals surface area (Å²) in [6, 6.07) is 11.7. The Morgan fingerprint density at radius 1 is 1.18 bits per heavy atom. The SMILES string of the molecule is CC(=O)c1cccn1Cc1ccccc1CCl. The van der Waals surface area contributed by atoms with Gasteiger partial charge in [-0.1, -0.05) is 24.3 Å². The van der Waals surface area contributed by atoms with Crippen molar-refractivity contribution in [3.8, 4) is 0 Å². The van der Waals surface area contributed by atoms with Crippen LogP contribution < -0.4 is 0 Å². The monoisotopic (exact) mass is 247 g/mol. The normalized spacial score (nSPS) is 10.5. The molecule has 0 aliphatic rings. The highest BCUT2D eigenvalue weighted by atomic mass is 35.5. The molecule has 2 nitrogen and oxygen atoms in total. The van der Waals surface area contributed by atoms with Gasteiger partial charge >= 0.3 is 0 Å². The van der Waals surface area contributed by atoms with Crippen LogP contribution in [0.1, 0.15) is 28.5 Å². The van der Waals surface area contributed by atoms with Gasteiger partial charge in [0.25, 0.3) is 0 Å². The van der Waals surface area contributed by atoms with Crippen LogP contribution in [0.15, 0.2) is 42.6 Å². The smallest absolute Gasteiger partial charge is 0.176 e. The van der Waals surface area contributed by atoms with Crippen molar-refractivity contribution in [2.24, 2.45) is 0 Å². The zero-order valence-corrected chi connectivity index (χ0v) is 10.4. The van der Waals surface area contributed by atoms with Gasteiger partial charge in [0.15, 0.2) is 5.78 Å². The van der Waals surface area contributed by atoms with Crippen molar-refractivity contribution in [1.82, 2.24) is 4.57 Å². The minimum atomic E-state index is 0.0818. The van der Waals surface area contributed by atoms with Crippen LogP contribution in [0, 0.1) is 0 Å². The van der Waals surface area contributed by atoms with Crippen LogP contribution in [0.2, 0.25) is 0 Å². The second-order valence-corrected chi connectivity index (χ2v) is 4.25. The van der Waals surface area contributed by atoms with Gasteiger partial charge in [-0.05, 0) is 23.3 Å². The van der Waals surface area contributed by atoms with E-state index in [1.165, 1.54) is 0 Å². The van der Waals surface area contributed by atoms with Gasteiger partial charge in [0.1, 0.15) is 0 Å². The second kappa shape index (κ2) is 5.19. The van der Waals surface area contributed by atoms with Gasteiger partial charge in [0.05, 0.1) is 5.69 Å². The Bertz CT molecular complexity index is 531. The fourth-order valence-electron chi connectivity index (χ4n) is 1.90. The summed E-state index contributed by atoms with van der Waals surface area (Å²) in [5, 5.41) is 0. The van der Waals surface area contributed by atoms with E-state index in [1.807, 2.05) is 47.2 Å². The maximum atomic E-state index is 11.4. The van der Waals surface area contributed by atoms with E-state index in [-0.39, 0.29) is 5.78 Å². The molecule has 0 spiro atoms. The Balaban J connectivity index is 2.31. The lowest BCUT2D eigenvalue weighted by molar-refractivity contribution is 0.100. The van der Waals surface area contributed by atoms with Gasteiger partial charge < -0.3 is 4.57 Å². The summed E-state index contributed by atoms with van der Waals surface area (Å²) in [6.07, 6.45) is 1.92. The number of halogens is 1. The number of ketones is 1. The zero-order valence-electron chi connectivity index (χ0n) is 9.69. The molecule has 0 amide bonds. The first kappa shape index (κ1) is 11.9. The summed E-state index contributed by atoms with van der Waals surface area (Å²) in [6.45, 7) is 2.27. The molecular formula is C14H14ClNO. The highest BCUT2D eigenvalue weighted by Crippen LogP contribution is 2.15. The average Bonchev–Trinajstić information content (AvgIpc) is 2.78. The summed E-state index contributed by atoms with van der Waals surface area (Å²) in [7, 11) is 0. The molecule has 0 fully saturated rings. The van der Waals surface area contributed by atoms with Crippen molar-refractivity contribution >= 4 is 17.4 Å². The third kappa shape index (κ3) is 2.59. The number of Topliss-reactive ketones (excluding diaryl/α,β-unsaturated/α-hetero) is 1. The van der Waals surface area contributed by atoms with Gasteiger partial charge in [0, 0.05) is 25.5 Å². The lowest BCUT2D eigenvalue weighted by Crippen LogP contribution is -2.07. The number of hydrogen-bond acceptors (Lipinski definition) is 1. The van der Waals surface area contributed by atoms with Crippen LogP contribution >= 0.6 is 11.6 Å². The van der Waals surface area contributed by atoms with E-state index in [0.717, 1.165) is 16.8 Å². The Morgan fingerprint density at radius 2 is 1.88 bits per heavy atom. The Labute approximate surface area is 106 Å². The molecule has 0 bridgehead atoms. The molecule has 0 saturated carbocycles. The minimum absolute atomic E-state index is 0.0818. The summed E-state index contributed by atoms with van der Waals surface area (Å²) >= 11 is 5.90. The average molecular weight is 248 g/mol. The number of carbonyl (C=O) groups excluding carboxylic acids is 1. The summed E-state index contributed by atoms with van der Waals surface area (Å²) in [5.74, 6) is 0.575. The third-order valence-corrected chi connectivity index (χ3v) is 3.08. The molecular weight excluding hydrogens is 234 g/mol. The highest BCUT2D eigenvalue weighted by Gasteiger charge is 2.07. The Kier molecular flexibility index (Phi) is 3.64. The second-order valence-electron chi connectivity index (χ2n) is 3.98. The molecule has 88 valence electrons. The largest absolute Gasteiger partial charge is 0.341 e. The quantitative estimate of drug-likeness (QED) is 0.599. The predicted molar refractivity (Wildman–Crippen MR) is 69.5 cm³/mol. The summed E-state index contributed by atoms with van der Waals surface area (Å²) in [4.78, 5) is 11.4. The molecule has 0 saturated heterocycles. The molecule has 0 unspecified atom stereocenters. The molecule has 0 atom stereocenters. The number of carbonyl (C=O) groups is 1. The molecule has 0 radical (unpaired) electrons. The fraction of sp³-hybridized carbons (Fsp3) is 0.214. The van der Waals surface area contributed by atoms with Crippen molar-refractivity contribution in [2.45, 2.75) is 19.3 Å². The minimum Gasteiger partial charge on any atom is -0.341 e. The maximum absolute atomic E-state index is 11.4. The lowest BCUT2D eigenvalue weighted by Gasteiger charge is -2.10. The van der Waals surface area contributed by atoms with E-state index in [2.05, 4.69) is 0 Å². The van der Waals surface area contributed by atoms with Crippen molar-refractivity contribution in [1.29, 1.82) is 0 Å². The van der Waals surface area contributed by atoms with Crippen molar-refractivity contribution in [2.75, 3.05) is 0 Å². The standard InChI is InChI=1S/C14H14ClNO/c1-11(17)14-7-4-8-16(14)10-13-6-3-2-5-12(13)9-15/h2-8H,9-10H2,1H3. The molecule has 2 rings (SSSR count).